The third-order valence-electron chi connectivity index (χ3n) is 1.50. The summed E-state index contributed by atoms with van der Waals surface area (Å²) in [4.78, 5) is 11.1. The lowest BCUT2D eigenvalue weighted by Gasteiger charge is -2.06. The Morgan fingerprint density at radius 2 is 2.14 bits per heavy atom. The number of hydrogen-bond donors (Lipinski definition) is 2. The Bertz CT molecular complexity index is 186. The Hall–Kier alpha value is -0.550. The molecular formula is C9H17BrN2O2. The van der Waals surface area contributed by atoms with E-state index in [1.807, 2.05) is 0 Å². The predicted octanol–water partition coefficient (Wildman–Crippen LogP) is 1.62. The molecule has 82 valence electrons. The highest BCUT2D eigenvalue weighted by atomic mass is 79.9. The second-order valence-electron chi connectivity index (χ2n) is 2.83. The monoisotopic (exact) mass is 264 g/mol. The number of hydrogen-bond acceptors (Lipinski definition) is 2. The van der Waals surface area contributed by atoms with Crippen LogP contribution in [-0.4, -0.2) is 32.8 Å². The van der Waals surface area contributed by atoms with Crippen LogP contribution in [-0.2, 0) is 4.74 Å². The van der Waals surface area contributed by atoms with Gasteiger partial charge in [0.15, 0.2) is 0 Å². The minimum absolute atomic E-state index is 0.164. The summed E-state index contributed by atoms with van der Waals surface area (Å²) in [7, 11) is 1.67. The van der Waals surface area contributed by atoms with Crippen molar-refractivity contribution in [2.24, 2.45) is 0 Å². The number of methoxy groups -OCH3 is 1. The van der Waals surface area contributed by atoms with Crippen LogP contribution in [0.3, 0.4) is 0 Å². The molecule has 0 aromatic heterocycles. The van der Waals surface area contributed by atoms with E-state index in [0.29, 0.717) is 13.1 Å². The summed E-state index contributed by atoms with van der Waals surface area (Å²) in [5, 5.41) is 5.37. The lowest BCUT2D eigenvalue weighted by Crippen LogP contribution is -2.36. The third kappa shape index (κ3) is 9.54. The van der Waals surface area contributed by atoms with E-state index in [0.717, 1.165) is 23.9 Å². The minimum atomic E-state index is -0.164. The van der Waals surface area contributed by atoms with Crippen molar-refractivity contribution in [3.8, 4) is 0 Å². The van der Waals surface area contributed by atoms with Gasteiger partial charge in [-0.2, -0.15) is 0 Å². The summed E-state index contributed by atoms with van der Waals surface area (Å²) in [5.41, 5.74) is 0. The van der Waals surface area contributed by atoms with E-state index in [4.69, 9.17) is 4.74 Å². The first-order valence-corrected chi connectivity index (χ1v) is 5.30. The van der Waals surface area contributed by atoms with Gasteiger partial charge in [0.05, 0.1) is 6.54 Å². The topological polar surface area (TPSA) is 50.4 Å². The van der Waals surface area contributed by atoms with E-state index in [1.165, 1.54) is 0 Å². The average molecular weight is 265 g/mol. The summed E-state index contributed by atoms with van der Waals surface area (Å²) in [6.07, 6.45) is 1.89. The van der Waals surface area contributed by atoms with Gasteiger partial charge in [0.1, 0.15) is 0 Å². The number of nitrogens with one attached hydrogen (secondary N) is 2. The number of halogens is 1. The number of rotatable bonds is 7. The molecule has 0 saturated heterocycles. The van der Waals surface area contributed by atoms with Crippen molar-refractivity contribution in [3.63, 3.8) is 0 Å². The van der Waals surface area contributed by atoms with Crippen LogP contribution in [0, 0.1) is 0 Å². The molecule has 4 nitrogen and oxygen atoms in total. The van der Waals surface area contributed by atoms with Gasteiger partial charge in [-0.1, -0.05) is 22.5 Å². The van der Waals surface area contributed by atoms with E-state index >= 15 is 0 Å². The molecule has 5 heteroatoms. The van der Waals surface area contributed by atoms with Crippen LogP contribution >= 0.6 is 15.9 Å². The van der Waals surface area contributed by atoms with E-state index < -0.39 is 0 Å². The van der Waals surface area contributed by atoms with Crippen LogP contribution < -0.4 is 10.6 Å². The summed E-state index contributed by atoms with van der Waals surface area (Å²) in [6, 6.07) is -0.164. The van der Waals surface area contributed by atoms with E-state index in [9.17, 15) is 4.79 Å². The summed E-state index contributed by atoms with van der Waals surface area (Å²) in [5.74, 6) is 0. The number of urea groups is 1. The first-order valence-electron chi connectivity index (χ1n) is 4.50. The SMILES string of the molecule is C=C(Br)CNC(=O)NCCCCOC. The molecular weight excluding hydrogens is 248 g/mol. The molecule has 0 aliphatic carbocycles. The maximum Gasteiger partial charge on any atom is 0.315 e. The molecule has 0 spiro atoms. The molecule has 0 aliphatic rings. The molecule has 0 saturated carbocycles. The molecule has 0 aromatic carbocycles. The molecule has 2 N–H and O–H groups in total. The van der Waals surface area contributed by atoms with Gasteiger partial charge in [-0.05, 0) is 12.8 Å². The highest BCUT2D eigenvalue weighted by Gasteiger charge is 1.97. The van der Waals surface area contributed by atoms with Gasteiger partial charge >= 0.3 is 6.03 Å². The minimum Gasteiger partial charge on any atom is -0.385 e. The lowest BCUT2D eigenvalue weighted by atomic mass is 10.3. The van der Waals surface area contributed by atoms with Crippen molar-refractivity contribution in [2.45, 2.75) is 12.8 Å². The van der Waals surface area contributed by atoms with Crippen LogP contribution in [0.1, 0.15) is 12.8 Å². The molecule has 0 aromatic rings. The van der Waals surface area contributed by atoms with Crippen LogP contribution in [0.5, 0.6) is 0 Å². The van der Waals surface area contributed by atoms with Gasteiger partial charge in [0, 0.05) is 24.7 Å². The molecule has 0 fully saturated rings. The maximum atomic E-state index is 11.1. The molecule has 0 heterocycles. The van der Waals surface area contributed by atoms with Crippen molar-refractivity contribution in [1.82, 2.24) is 10.6 Å². The zero-order valence-electron chi connectivity index (χ0n) is 8.44. The predicted molar refractivity (Wildman–Crippen MR) is 60.6 cm³/mol. The van der Waals surface area contributed by atoms with Gasteiger partial charge in [-0.15, -0.1) is 0 Å². The first kappa shape index (κ1) is 13.4. The molecule has 0 radical (unpaired) electrons. The van der Waals surface area contributed by atoms with Crippen LogP contribution in [0.2, 0.25) is 0 Å². The molecule has 0 bridgehead atoms. The number of unbranched alkanes of at least 4 members (excludes halogenated alkanes) is 1. The zero-order chi connectivity index (χ0) is 10.8. The second kappa shape index (κ2) is 9.02. The number of carbonyl (C=O) groups is 1. The fourth-order valence-corrected chi connectivity index (χ4v) is 0.952. The van der Waals surface area contributed by atoms with Crippen LogP contribution in [0.25, 0.3) is 0 Å². The van der Waals surface area contributed by atoms with Crippen molar-refractivity contribution in [1.29, 1.82) is 0 Å². The largest absolute Gasteiger partial charge is 0.385 e. The molecule has 0 unspecified atom stereocenters. The normalized spacial score (nSPS) is 9.57. The molecule has 2 amide bonds. The number of ether oxygens (including phenoxy) is 1. The fourth-order valence-electron chi connectivity index (χ4n) is 0.812. The molecule has 0 aliphatic heterocycles. The first-order chi connectivity index (χ1) is 6.66. The van der Waals surface area contributed by atoms with Crippen molar-refractivity contribution in [2.75, 3.05) is 26.8 Å². The van der Waals surface area contributed by atoms with Gasteiger partial charge in [0.2, 0.25) is 0 Å². The van der Waals surface area contributed by atoms with Crippen LogP contribution in [0.15, 0.2) is 11.1 Å². The van der Waals surface area contributed by atoms with E-state index in [-0.39, 0.29) is 6.03 Å². The Morgan fingerprint density at radius 3 is 2.71 bits per heavy atom. The quantitative estimate of drug-likeness (QED) is 0.687. The Labute approximate surface area is 93.2 Å². The smallest absolute Gasteiger partial charge is 0.315 e. The Kier molecular flexibility index (Phi) is 8.67. The summed E-state index contributed by atoms with van der Waals surface area (Å²) < 4.78 is 5.64. The van der Waals surface area contributed by atoms with Gasteiger partial charge in [0.25, 0.3) is 0 Å². The Balaban J connectivity index is 3.22. The van der Waals surface area contributed by atoms with Crippen molar-refractivity contribution in [3.05, 3.63) is 11.1 Å². The highest BCUT2D eigenvalue weighted by molar-refractivity contribution is 9.11. The number of amides is 2. The molecule has 14 heavy (non-hydrogen) atoms. The van der Waals surface area contributed by atoms with Gasteiger partial charge < -0.3 is 15.4 Å². The number of carbonyl (C=O) groups excluding carboxylic acids is 1. The lowest BCUT2D eigenvalue weighted by molar-refractivity contribution is 0.192. The average Bonchev–Trinajstić information content (AvgIpc) is 2.14. The van der Waals surface area contributed by atoms with Crippen molar-refractivity contribution < 1.29 is 9.53 Å². The zero-order valence-corrected chi connectivity index (χ0v) is 10.0. The van der Waals surface area contributed by atoms with Crippen molar-refractivity contribution >= 4 is 22.0 Å². The van der Waals surface area contributed by atoms with Gasteiger partial charge in [-0.3, -0.25) is 0 Å². The maximum absolute atomic E-state index is 11.1. The Morgan fingerprint density at radius 1 is 1.43 bits per heavy atom. The highest BCUT2D eigenvalue weighted by Crippen LogP contribution is 1.96. The van der Waals surface area contributed by atoms with Gasteiger partial charge in [-0.25, -0.2) is 4.79 Å². The summed E-state index contributed by atoms with van der Waals surface area (Å²) in [6.45, 7) is 5.46. The molecule has 0 rings (SSSR count). The van der Waals surface area contributed by atoms with E-state index in [1.54, 1.807) is 7.11 Å². The van der Waals surface area contributed by atoms with E-state index in [2.05, 4.69) is 33.1 Å². The standard InChI is InChI=1S/C9H17BrN2O2/c1-8(10)7-12-9(13)11-5-3-4-6-14-2/h1,3-7H2,2H3,(H2,11,12,13). The fraction of sp³-hybridized carbons (Fsp3) is 0.667. The third-order valence-corrected chi connectivity index (χ3v) is 1.78. The second-order valence-corrected chi connectivity index (χ2v) is 3.95. The van der Waals surface area contributed by atoms with Crippen LogP contribution in [0.4, 0.5) is 4.79 Å². The summed E-state index contributed by atoms with van der Waals surface area (Å²) >= 11 is 3.15. The molecule has 0 atom stereocenters.